The van der Waals surface area contributed by atoms with E-state index in [-0.39, 0.29) is 11.3 Å². The number of imide groups is 2. The van der Waals surface area contributed by atoms with E-state index in [1.807, 2.05) is 0 Å². The first-order valence-electron chi connectivity index (χ1n) is 7.27. The normalized spacial score (nSPS) is 16.5. The fraction of sp³-hybridized carbons (Fsp3) is 0.118. The molecular weight excluding hydrogens is 312 g/mol. The molecular formula is C17H14N2O5. The third-order valence-electron chi connectivity index (χ3n) is 3.36. The molecule has 0 unspecified atom stereocenters. The number of urea groups is 1. The van der Waals surface area contributed by atoms with Gasteiger partial charge in [-0.1, -0.05) is 12.1 Å². The maximum Gasteiger partial charge on any atom is 0.336 e. The lowest BCUT2D eigenvalue weighted by Gasteiger charge is -2.27. The van der Waals surface area contributed by atoms with Gasteiger partial charge in [0.15, 0.2) is 0 Å². The minimum atomic E-state index is -0.818. The van der Waals surface area contributed by atoms with E-state index in [0.29, 0.717) is 17.9 Å². The van der Waals surface area contributed by atoms with Crippen LogP contribution in [0.3, 0.4) is 0 Å². The van der Waals surface area contributed by atoms with Gasteiger partial charge >= 0.3 is 6.03 Å². The van der Waals surface area contributed by atoms with Crippen LogP contribution in [-0.4, -0.2) is 24.5 Å². The number of anilines is 1. The Kier molecular flexibility index (Phi) is 4.15. The SMILES string of the molecule is CCOc1ccccc1N1C(=O)NC(=O)/C(=C\c2ccoc2)C1=O. The van der Waals surface area contributed by atoms with Gasteiger partial charge in [0.2, 0.25) is 0 Å². The number of ether oxygens (including phenoxy) is 1. The van der Waals surface area contributed by atoms with Crippen molar-refractivity contribution in [3.8, 4) is 5.75 Å². The Bertz CT molecular complexity index is 823. The molecule has 24 heavy (non-hydrogen) atoms. The lowest BCUT2D eigenvalue weighted by Crippen LogP contribution is -2.54. The van der Waals surface area contributed by atoms with Crippen LogP contribution in [0.5, 0.6) is 5.75 Å². The van der Waals surface area contributed by atoms with Crippen molar-refractivity contribution in [2.75, 3.05) is 11.5 Å². The third-order valence-corrected chi connectivity index (χ3v) is 3.36. The van der Waals surface area contributed by atoms with E-state index in [2.05, 4.69) is 5.32 Å². The monoisotopic (exact) mass is 326 g/mol. The lowest BCUT2D eigenvalue weighted by atomic mass is 10.1. The predicted octanol–water partition coefficient (Wildman–Crippen LogP) is 2.34. The Hall–Kier alpha value is -3.35. The van der Waals surface area contributed by atoms with Crippen molar-refractivity contribution in [3.05, 3.63) is 54.0 Å². The topological polar surface area (TPSA) is 88.8 Å². The zero-order valence-electron chi connectivity index (χ0n) is 12.8. The van der Waals surface area contributed by atoms with Gasteiger partial charge in [-0.2, -0.15) is 0 Å². The molecule has 2 heterocycles. The van der Waals surface area contributed by atoms with Crippen LogP contribution in [-0.2, 0) is 9.59 Å². The minimum Gasteiger partial charge on any atom is -0.492 e. The van der Waals surface area contributed by atoms with Gasteiger partial charge in [-0.25, -0.2) is 9.69 Å². The zero-order valence-corrected chi connectivity index (χ0v) is 12.8. The van der Waals surface area contributed by atoms with Gasteiger partial charge in [0.05, 0.1) is 24.8 Å². The number of para-hydroxylation sites is 2. The molecule has 7 nitrogen and oxygen atoms in total. The highest BCUT2D eigenvalue weighted by Crippen LogP contribution is 2.31. The van der Waals surface area contributed by atoms with E-state index in [4.69, 9.17) is 9.15 Å². The van der Waals surface area contributed by atoms with Crippen molar-refractivity contribution in [2.45, 2.75) is 6.92 Å². The smallest absolute Gasteiger partial charge is 0.336 e. The Balaban J connectivity index is 2.03. The van der Waals surface area contributed by atoms with E-state index in [1.165, 1.54) is 18.6 Å². The number of amides is 4. The summed E-state index contributed by atoms with van der Waals surface area (Å²) in [7, 11) is 0. The number of barbiturate groups is 1. The van der Waals surface area contributed by atoms with Crippen LogP contribution in [0, 0.1) is 0 Å². The quantitative estimate of drug-likeness (QED) is 0.688. The molecule has 0 radical (unpaired) electrons. The molecule has 0 saturated carbocycles. The average molecular weight is 326 g/mol. The highest BCUT2D eigenvalue weighted by atomic mass is 16.5. The molecule has 0 spiro atoms. The molecule has 122 valence electrons. The summed E-state index contributed by atoms with van der Waals surface area (Å²) < 4.78 is 10.4. The van der Waals surface area contributed by atoms with Gasteiger partial charge in [-0.3, -0.25) is 14.9 Å². The van der Waals surface area contributed by atoms with Crippen LogP contribution in [0.15, 0.2) is 52.8 Å². The molecule has 1 aromatic heterocycles. The van der Waals surface area contributed by atoms with Crippen molar-refractivity contribution in [3.63, 3.8) is 0 Å². The number of rotatable bonds is 4. The number of carbonyl (C=O) groups is 3. The van der Waals surface area contributed by atoms with Gasteiger partial charge in [-0.05, 0) is 31.2 Å². The van der Waals surface area contributed by atoms with Crippen molar-refractivity contribution in [2.24, 2.45) is 0 Å². The summed E-state index contributed by atoms with van der Waals surface area (Å²) in [6, 6.07) is 7.41. The molecule has 1 fully saturated rings. The highest BCUT2D eigenvalue weighted by Gasteiger charge is 2.38. The second-order valence-electron chi connectivity index (χ2n) is 4.92. The summed E-state index contributed by atoms with van der Waals surface area (Å²) in [4.78, 5) is 37.8. The number of hydrogen-bond acceptors (Lipinski definition) is 5. The van der Waals surface area contributed by atoms with Crippen LogP contribution >= 0.6 is 0 Å². The molecule has 0 atom stereocenters. The van der Waals surface area contributed by atoms with Crippen molar-refractivity contribution >= 4 is 29.6 Å². The Morgan fingerprint density at radius 2 is 2.00 bits per heavy atom. The molecule has 2 aromatic rings. The lowest BCUT2D eigenvalue weighted by molar-refractivity contribution is -0.122. The number of hydrogen-bond donors (Lipinski definition) is 1. The second-order valence-corrected chi connectivity index (χ2v) is 4.92. The van der Waals surface area contributed by atoms with Crippen LogP contribution in [0.2, 0.25) is 0 Å². The van der Waals surface area contributed by atoms with Crippen LogP contribution in [0.25, 0.3) is 6.08 Å². The molecule has 0 aliphatic carbocycles. The average Bonchev–Trinajstić information content (AvgIpc) is 3.06. The number of nitrogens with zero attached hydrogens (tertiary/aromatic N) is 1. The summed E-state index contributed by atoms with van der Waals surface area (Å²) in [6.07, 6.45) is 4.18. The first kappa shape index (κ1) is 15.5. The van der Waals surface area contributed by atoms with Gasteiger partial charge in [0.1, 0.15) is 11.3 Å². The van der Waals surface area contributed by atoms with Gasteiger partial charge < -0.3 is 9.15 Å². The molecule has 1 aromatic carbocycles. The van der Waals surface area contributed by atoms with Crippen LogP contribution in [0.1, 0.15) is 12.5 Å². The third kappa shape index (κ3) is 2.79. The molecule has 7 heteroatoms. The highest BCUT2D eigenvalue weighted by molar-refractivity contribution is 6.39. The summed E-state index contributed by atoms with van der Waals surface area (Å²) in [5.41, 5.74) is 0.649. The molecule has 1 saturated heterocycles. The first-order chi connectivity index (χ1) is 11.6. The van der Waals surface area contributed by atoms with Crippen LogP contribution < -0.4 is 15.0 Å². The van der Waals surface area contributed by atoms with E-state index in [9.17, 15) is 14.4 Å². The number of nitrogens with one attached hydrogen (secondary N) is 1. The fourth-order valence-electron chi connectivity index (χ4n) is 2.32. The number of benzene rings is 1. The van der Waals surface area contributed by atoms with E-state index < -0.39 is 17.8 Å². The summed E-state index contributed by atoms with van der Waals surface area (Å²) >= 11 is 0. The maximum absolute atomic E-state index is 12.7. The molecule has 4 amide bonds. The van der Waals surface area contributed by atoms with Gasteiger partial charge in [-0.15, -0.1) is 0 Å². The van der Waals surface area contributed by atoms with E-state index in [0.717, 1.165) is 4.90 Å². The summed E-state index contributed by atoms with van der Waals surface area (Å²) in [5, 5.41) is 2.16. The second kappa shape index (κ2) is 6.41. The molecule has 0 bridgehead atoms. The van der Waals surface area contributed by atoms with Crippen molar-refractivity contribution in [1.82, 2.24) is 5.32 Å². The zero-order chi connectivity index (χ0) is 17.1. The van der Waals surface area contributed by atoms with E-state index >= 15 is 0 Å². The first-order valence-corrected chi connectivity index (χ1v) is 7.27. The van der Waals surface area contributed by atoms with Crippen LogP contribution in [0.4, 0.5) is 10.5 Å². The maximum atomic E-state index is 12.7. The van der Waals surface area contributed by atoms with Gasteiger partial charge in [0.25, 0.3) is 11.8 Å². The number of furan rings is 1. The molecule has 1 aliphatic heterocycles. The Morgan fingerprint density at radius 1 is 1.21 bits per heavy atom. The summed E-state index contributed by atoms with van der Waals surface area (Å²) in [5.74, 6) is -1.10. The predicted molar refractivity (Wildman–Crippen MR) is 85.3 cm³/mol. The Labute approximate surface area is 137 Å². The molecule has 3 rings (SSSR count). The molecule has 1 N–H and O–H groups in total. The largest absolute Gasteiger partial charge is 0.492 e. The molecule has 1 aliphatic rings. The Morgan fingerprint density at radius 3 is 2.71 bits per heavy atom. The van der Waals surface area contributed by atoms with Crippen molar-refractivity contribution in [1.29, 1.82) is 0 Å². The number of carbonyl (C=O) groups excluding carboxylic acids is 3. The van der Waals surface area contributed by atoms with Crippen molar-refractivity contribution < 1.29 is 23.5 Å². The fourth-order valence-corrected chi connectivity index (χ4v) is 2.32. The minimum absolute atomic E-state index is 0.165. The summed E-state index contributed by atoms with van der Waals surface area (Å²) in [6.45, 7) is 2.17. The van der Waals surface area contributed by atoms with E-state index in [1.54, 1.807) is 37.3 Å². The van der Waals surface area contributed by atoms with Gasteiger partial charge in [0, 0.05) is 5.56 Å². The standard InChI is InChI=1S/C17H14N2O5/c1-2-24-14-6-4-3-5-13(14)19-16(21)12(15(20)18-17(19)22)9-11-7-8-23-10-11/h3-10H,2H2,1H3,(H,18,20,22)/b12-9+.